The maximum absolute atomic E-state index is 13.6. The Morgan fingerprint density at radius 1 is 1.41 bits per heavy atom. The lowest BCUT2D eigenvalue weighted by Gasteiger charge is -2.37. The van der Waals surface area contributed by atoms with E-state index in [0.29, 0.717) is 0 Å². The molecule has 0 aliphatic carbocycles. The number of halogens is 2. The van der Waals surface area contributed by atoms with Gasteiger partial charge in [0.2, 0.25) is 0 Å². The van der Waals surface area contributed by atoms with E-state index in [9.17, 15) is 13.6 Å². The second-order valence-corrected chi connectivity index (χ2v) is 3.98. The molecule has 0 spiro atoms. The summed E-state index contributed by atoms with van der Waals surface area (Å²) in [7, 11) is 1.26. The minimum atomic E-state index is -0.769. The van der Waals surface area contributed by atoms with Crippen LogP contribution in [0.25, 0.3) is 0 Å². The molecule has 3 nitrogen and oxygen atoms in total. The Morgan fingerprint density at radius 2 is 2.12 bits per heavy atom. The highest BCUT2D eigenvalue weighted by molar-refractivity contribution is 6.06. The van der Waals surface area contributed by atoms with Crippen LogP contribution in [0.5, 0.6) is 0 Å². The number of nitrogens with zero attached hydrogens (tertiary/aromatic N) is 1. The first-order valence-corrected chi connectivity index (χ1v) is 5.40. The van der Waals surface area contributed by atoms with Gasteiger partial charge < -0.3 is 4.65 Å². The molecule has 1 aliphatic rings. The molecule has 6 heteroatoms. The summed E-state index contributed by atoms with van der Waals surface area (Å²) in [5.74, 6) is -1.89. The van der Waals surface area contributed by atoms with Crippen molar-refractivity contribution in [2.45, 2.75) is 12.5 Å². The Morgan fingerprint density at radius 3 is 2.59 bits per heavy atom. The van der Waals surface area contributed by atoms with Gasteiger partial charge in [0.15, 0.2) is 0 Å². The summed E-state index contributed by atoms with van der Waals surface area (Å²) < 4.78 is 31.1. The average Bonchev–Trinajstić information content (AvgIpc) is 2.23. The normalized spacial score (nSPS) is 17.3. The lowest BCUT2D eigenvalue weighted by atomic mass is 10.0. The molecule has 1 fully saturated rings. The van der Waals surface area contributed by atoms with Crippen molar-refractivity contribution in [2.24, 2.45) is 0 Å². The first-order valence-electron chi connectivity index (χ1n) is 5.40. The molecule has 17 heavy (non-hydrogen) atoms. The van der Waals surface area contributed by atoms with Crippen LogP contribution in [0.4, 0.5) is 8.78 Å². The Hall–Kier alpha value is -1.43. The third-order valence-corrected chi connectivity index (χ3v) is 2.94. The second kappa shape index (κ2) is 4.83. The lowest BCUT2D eigenvalue weighted by Crippen LogP contribution is -2.44. The van der Waals surface area contributed by atoms with Gasteiger partial charge in [0.1, 0.15) is 17.7 Å². The molecule has 0 bridgehead atoms. The van der Waals surface area contributed by atoms with Crippen LogP contribution in [0, 0.1) is 11.6 Å². The summed E-state index contributed by atoms with van der Waals surface area (Å²) in [6, 6.07) is 2.46. The van der Waals surface area contributed by atoms with Gasteiger partial charge in [0, 0.05) is 24.7 Å². The van der Waals surface area contributed by atoms with Crippen molar-refractivity contribution in [3.05, 3.63) is 35.4 Å². The van der Waals surface area contributed by atoms with E-state index < -0.39 is 23.6 Å². The van der Waals surface area contributed by atoms with Gasteiger partial charge in [-0.15, -0.1) is 0 Å². The quantitative estimate of drug-likeness (QED) is 0.731. The Balaban J connectivity index is 2.34. The van der Waals surface area contributed by atoms with Gasteiger partial charge in [-0.25, -0.2) is 8.78 Å². The van der Waals surface area contributed by atoms with E-state index in [1.165, 1.54) is 14.1 Å². The number of carbonyl (C=O) groups excluding carboxylic acids is 1. The SMILES string of the molecule is BOC(=O)C(c1ccc(F)cc1F)N1CCC1. The van der Waals surface area contributed by atoms with Gasteiger partial charge in [-0.1, -0.05) is 6.07 Å². The fourth-order valence-electron chi connectivity index (χ4n) is 1.91. The predicted molar refractivity (Wildman–Crippen MR) is 59.9 cm³/mol. The van der Waals surface area contributed by atoms with Gasteiger partial charge in [-0.3, -0.25) is 9.69 Å². The number of hydrogen-bond donors (Lipinski definition) is 0. The summed E-state index contributed by atoms with van der Waals surface area (Å²) in [5, 5.41) is 0. The fraction of sp³-hybridized carbons (Fsp3) is 0.364. The molecule has 2 rings (SSSR count). The molecule has 0 N–H and O–H groups in total. The minimum absolute atomic E-state index is 0.165. The van der Waals surface area contributed by atoms with Crippen molar-refractivity contribution in [3.8, 4) is 0 Å². The maximum Gasteiger partial charge on any atom is 0.326 e. The molecule has 1 unspecified atom stereocenters. The zero-order chi connectivity index (χ0) is 12.4. The molecule has 0 radical (unpaired) electrons. The minimum Gasteiger partial charge on any atom is -0.542 e. The van der Waals surface area contributed by atoms with Crippen LogP contribution in [0.3, 0.4) is 0 Å². The molecular weight excluding hydrogens is 227 g/mol. The molecule has 1 aliphatic heterocycles. The highest BCUT2D eigenvalue weighted by Crippen LogP contribution is 2.28. The topological polar surface area (TPSA) is 29.5 Å². The zero-order valence-corrected chi connectivity index (χ0v) is 9.45. The van der Waals surface area contributed by atoms with Gasteiger partial charge in [-0.05, 0) is 12.5 Å². The van der Waals surface area contributed by atoms with Gasteiger partial charge in [-0.2, -0.15) is 0 Å². The van der Waals surface area contributed by atoms with Crippen LogP contribution < -0.4 is 0 Å². The number of rotatable bonds is 3. The molecule has 90 valence electrons. The molecule has 1 heterocycles. The number of benzene rings is 1. The first kappa shape index (κ1) is 12.0. The van der Waals surface area contributed by atoms with E-state index in [-0.39, 0.29) is 5.56 Å². The van der Waals surface area contributed by atoms with Gasteiger partial charge in [0.05, 0.1) is 0 Å². The Labute approximate surface area is 98.8 Å². The van der Waals surface area contributed by atoms with Gasteiger partial charge >= 0.3 is 14.0 Å². The Kier molecular flexibility index (Phi) is 3.42. The molecule has 1 aromatic carbocycles. The molecule has 0 aromatic heterocycles. The summed E-state index contributed by atoms with van der Waals surface area (Å²) in [5.41, 5.74) is 0.165. The third kappa shape index (κ3) is 2.31. The lowest BCUT2D eigenvalue weighted by molar-refractivity contribution is -0.142. The molecule has 1 saturated heterocycles. The van der Waals surface area contributed by atoms with E-state index in [1.54, 1.807) is 0 Å². The van der Waals surface area contributed by atoms with E-state index >= 15 is 0 Å². The van der Waals surface area contributed by atoms with Crippen LogP contribution >= 0.6 is 0 Å². The number of hydrogen-bond acceptors (Lipinski definition) is 3. The fourth-order valence-corrected chi connectivity index (χ4v) is 1.91. The Bertz CT molecular complexity index is 437. The van der Waals surface area contributed by atoms with E-state index in [1.807, 2.05) is 4.90 Å². The highest BCUT2D eigenvalue weighted by atomic mass is 19.1. The van der Waals surface area contributed by atoms with Crippen LogP contribution in [-0.4, -0.2) is 32.0 Å². The first-order chi connectivity index (χ1) is 8.13. The zero-order valence-electron chi connectivity index (χ0n) is 9.45. The van der Waals surface area contributed by atoms with Crippen LogP contribution in [0.1, 0.15) is 18.0 Å². The van der Waals surface area contributed by atoms with Crippen LogP contribution in [-0.2, 0) is 9.45 Å². The summed E-state index contributed by atoms with van der Waals surface area (Å²) in [6.07, 6.45) is 0.969. The molecular formula is C11H12BF2NO2. The smallest absolute Gasteiger partial charge is 0.326 e. The van der Waals surface area contributed by atoms with Gasteiger partial charge in [0.25, 0.3) is 0 Å². The van der Waals surface area contributed by atoms with E-state index in [2.05, 4.69) is 4.65 Å². The van der Waals surface area contributed by atoms with Crippen molar-refractivity contribution < 1.29 is 18.2 Å². The average molecular weight is 239 g/mol. The van der Waals surface area contributed by atoms with Crippen molar-refractivity contribution in [3.63, 3.8) is 0 Å². The summed E-state index contributed by atoms with van der Waals surface area (Å²) in [4.78, 5) is 13.5. The molecule has 0 amide bonds. The van der Waals surface area contributed by atoms with Crippen molar-refractivity contribution in [1.29, 1.82) is 0 Å². The van der Waals surface area contributed by atoms with E-state index in [4.69, 9.17) is 0 Å². The summed E-state index contributed by atoms with van der Waals surface area (Å²) in [6.45, 7) is 1.44. The standard InChI is InChI=1S/C11H12BF2NO2/c12-17-11(16)10(15-4-1-5-15)8-3-2-7(13)6-9(8)14/h2-3,6,10H,1,4-5,12H2. The molecule has 1 aromatic rings. The monoisotopic (exact) mass is 239 g/mol. The second-order valence-electron chi connectivity index (χ2n) is 3.98. The van der Waals surface area contributed by atoms with Crippen LogP contribution in [0.15, 0.2) is 18.2 Å². The van der Waals surface area contributed by atoms with Crippen molar-refractivity contribution in [2.75, 3.05) is 13.1 Å². The highest BCUT2D eigenvalue weighted by Gasteiger charge is 2.33. The maximum atomic E-state index is 13.6. The third-order valence-electron chi connectivity index (χ3n) is 2.94. The number of likely N-dealkylation sites (tertiary alicyclic amines) is 1. The molecule has 0 saturated carbocycles. The predicted octanol–water partition coefficient (Wildman–Crippen LogP) is 0.803. The van der Waals surface area contributed by atoms with Crippen LogP contribution in [0.2, 0.25) is 0 Å². The van der Waals surface area contributed by atoms with Crippen molar-refractivity contribution >= 4 is 14.0 Å². The van der Waals surface area contributed by atoms with Crippen molar-refractivity contribution in [1.82, 2.24) is 4.90 Å². The largest absolute Gasteiger partial charge is 0.542 e. The molecule has 1 atom stereocenters. The summed E-state index contributed by atoms with van der Waals surface area (Å²) >= 11 is 0. The number of carbonyl (C=O) groups is 1. The van der Waals surface area contributed by atoms with E-state index in [0.717, 1.165) is 31.6 Å².